The van der Waals surface area contributed by atoms with Gasteiger partial charge >= 0.3 is 0 Å². The van der Waals surface area contributed by atoms with E-state index in [1.807, 2.05) is 37.3 Å². The van der Waals surface area contributed by atoms with Crippen molar-refractivity contribution in [1.82, 2.24) is 0 Å². The Morgan fingerprint density at radius 2 is 1.81 bits per heavy atom. The quantitative estimate of drug-likeness (QED) is 0.137. The number of benzene rings is 2. The summed E-state index contributed by atoms with van der Waals surface area (Å²) in [7, 11) is -2.99. The van der Waals surface area contributed by atoms with E-state index in [0.29, 0.717) is 10.7 Å². The van der Waals surface area contributed by atoms with Crippen molar-refractivity contribution in [3.8, 4) is 0 Å². The van der Waals surface area contributed by atoms with Gasteiger partial charge in [0, 0.05) is 22.9 Å². The Morgan fingerprint density at radius 1 is 1.11 bits per heavy atom. The van der Waals surface area contributed by atoms with E-state index < -0.39 is 16.0 Å². The number of rotatable bonds is 7. The number of fused-ring (bicyclic) bond motifs is 3. The highest BCUT2D eigenvalue weighted by Crippen LogP contribution is 2.50. The summed E-state index contributed by atoms with van der Waals surface area (Å²) in [4.78, 5) is 4.22. The summed E-state index contributed by atoms with van der Waals surface area (Å²) in [6.45, 7) is 16.7. The molecule has 0 amide bonds. The summed E-state index contributed by atoms with van der Waals surface area (Å²) >= 11 is 3.08. The lowest BCUT2D eigenvalue weighted by Crippen LogP contribution is -2.41. The second-order valence-corrected chi connectivity index (χ2v) is 10.8. The average molecular weight is 557 g/mol. The number of hydrogen-bond acceptors (Lipinski definition) is 7. The molecular formula is C28H32N2O4S3. The van der Waals surface area contributed by atoms with Crippen molar-refractivity contribution in [3.05, 3.63) is 95.7 Å². The number of methoxy groups -OCH3 is 1. The molecule has 1 aliphatic heterocycles. The molecule has 0 N–H and O–H groups in total. The van der Waals surface area contributed by atoms with E-state index in [4.69, 9.17) is 4.74 Å². The van der Waals surface area contributed by atoms with Crippen molar-refractivity contribution in [1.29, 1.82) is 0 Å². The van der Waals surface area contributed by atoms with Gasteiger partial charge in [0.15, 0.2) is 10.1 Å². The van der Waals surface area contributed by atoms with E-state index in [9.17, 15) is 13.0 Å². The Balaban J connectivity index is 0.00000115. The monoisotopic (exact) mass is 556 g/mol. The molecule has 4 rings (SSSR count). The summed E-state index contributed by atoms with van der Waals surface area (Å²) < 4.78 is 41.8. The second kappa shape index (κ2) is 14.0. The summed E-state index contributed by atoms with van der Waals surface area (Å²) in [5.74, 6) is -0.657. The maximum absolute atomic E-state index is 11.7. The largest absolute Gasteiger partial charge is 0.743 e. The third-order valence-corrected chi connectivity index (χ3v) is 7.95. The summed E-state index contributed by atoms with van der Waals surface area (Å²) in [5.41, 5.74) is 1.76. The average Bonchev–Trinajstić information content (AvgIpc) is 3.41. The highest BCUT2D eigenvalue weighted by Gasteiger charge is 2.30. The van der Waals surface area contributed by atoms with Gasteiger partial charge in [-0.25, -0.2) is 8.42 Å². The first-order chi connectivity index (χ1) is 17.9. The zero-order valence-corrected chi connectivity index (χ0v) is 23.8. The predicted molar refractivity (Wildman–Crippen MR) is 158 cm³/mol. The van der Waals surface area contributed by atoms with Crippen LogP contribution < -0.4 is 9.47 Å². The number of ether oxygens (including phenoxy) is 1. The molecule has 196 valence electrons. The molecule has 0 aliphatic carbocycles. The van der Waals surface area contributed by atoms with E-state index in [1.54, 1.807) is 22.4 Å². The van der Waals surface area contributed by atoms with Gasteiger partial charge in [-0.15, -0.1) is 26.3 Å². The maximum atomic E-state index is 11.7. The lowest BCUT2D eigenvalue weighted by Gasteiger charge is -2.19. The first-order valence-electron chi connectivity index (χ1n) is 11.4. The van der Waals surface area contributed by atoms with Gasteiger partial charge in [-0.2, -0.15) is 4.57 Å². The van der Waals surface area contributed by atoms with Gasteiger partial charge in [0.2, 0.25) is 11.6 Å². The van der Waals surface area contributed by atoms with Crippen molar-refractivity contribution in [2.24, 2.45) is 0 Å². The van der Waals surface area contributed by atoms with Crippen LogP contribution >= 0.6 is 23.1 Å². The molecule has 0 spiro atoms. The van der Waals surface area contributed by atoms with Crippen LogP contribution in [0.1, 0.15) is 29.4 Å². The molecule has 0 bridgehead atoms. The molecule has 0 radical (unpaired) electrons. The molecule has 9 heteroatoms. The van der Waals surface area contributed by atoms with Crippen LogP contribution in [0.3, 0.4) is 0 Å². The fourth-order valence-electron chi connectivity index (χ4n) is 3.85. The van der Waals surface area contributed by atoms with Crippen molar-refractivity contribution >= 4 is 67.9 Å². The number of thioether (sulfide) groups is 1. The van der Waals surface area contributed by atoms with Gasteiger partial charge < -0.3 is 14.2 Å². The number of anilines is 1. The normalized spacial score (nSPS) is 13.9. The molecule has 1 aliphatic rings. The molecule has 1 aromatic heterocycles. The van der Waals surface area contributed by atoms with Crippen LogP contribution in [0.4, 0.5) is 5.69 Å². The third-order valence-electron chi connectivity index (χ3n) is 5.17. The minimum absolute atomic E-state index is 0.611. The van der Waals surface area contributed by atoms with Crippen LogP contribution in [0.15, 0.2) is 85.0 Å². The lowest BCUT2D eigenvalue weighted by atomic mass is 10.1. The van der Waals surface area contributed by atoms with Gasteiger partial charge in [-0.05, 0) is 31.4 Å². The third kappa shape index (κ3) is 7.01. The Labute approximate surface area is 228 Å². The Bertz CT molecular complexity index is 1420. The molecule has 37 heavy (non-hydrogen) atoms. The number of allylic oxidation sites excluding steroid dienone is 1. The molecule has 0 atom stereocenters. The van der Waals surface area contributed by atoms with Crippen LogP contribution in [0, 0.1) is 0 Å². The van der Waals surface area contributed by atoms with E-state index in [1.165, 1.54) is 35.5 Å². The number of thiazole rings is 1. The molecule has 0 unspecified atom stereocenters. The lowest BCUT2D eigenvalue weighted by molar-refractivity contribution is -0.676. The SMILES string of the molecule is C/C=C\c1sc(C=C2Sc3ccc4ccccc4c3N2CC)[n+](CS(=O)(=O)[O-])c1/C=C/OC.C=C.C=C. The number of nitrogens with zero attached hydrogens (tertiary/aromatic N) is 2. The van der Waals surface area contributed by atoms with Crippen LogP contribution in [-0.4, -0.2) is 26.6 Å². The first-order valence-corrected chi connectivity index (χ1v) is 14.6. The van der Waals surface area contributed by atoms with E-state index in [2.05, 4.69) is 62.4 Å². The van der Waals surface area contributed by atoms with E-state index in [-0.39, 0.29) is 0 Å². The highest BCUT2D eigenvalue weighted by molar-refractivity contribution is 8.04. The molecular weight excluding hydrogens is 525 g/mol. The molecule has 6 nitrogen and oxygen atoms in total. The summed E-state index contributed by atoms with van der Waals surface area (Å²) in [6, 6.07) is 12.5. The van der Waals surface area contributed by atoms with Gasteiger partial charge in [0.05, 0.1) is 30.2 Å². The maximum Gasteiger partial charge on any atom is 0.266 e. The molecule has 0 saturated heterocycles. The van der Waals surface area contributed by atoms with Crippen molar-refractivity contribution in [2.45, 2.75) is 24.6 Å². The standard InChI is InChI=1S/C24H24N2O4S3.2C2H4/c1-4-8-20-19(13-14-30-3)26(16-33(27,28)29)23(31-20)15-22-25(5-2)24-18-10-7-6-9-17(18)11-12-21(24)32-22;2*1-2/h4,6-15H,5,16H2,1-3H3;2*1-2H2/b8-4-,14-13+;;. The molecule has 0 fully saturated rings. The molecule has 2 aromatic carbocycles. The smallest absolute Gasteiger partial charge is 0.266 e. The second-order valence-electron chi connectivity index (χ2n) is 7.31. The van der Waals surface area contributed by atoms with E-state index >= 15 is 0 Å². The van der Waals surface area contributed by atoms with Crippen LogP contribution in [-0.2, 0) is 20.7 Å². The minimum atomic E-state index is -4.51. The van der Waals surface area contributed by atoms with Crippen LogP contribution in [0.2, 0.25) is 0 Å². The zero-order chi connectivity index (χ0) is 27.6. The molecule has 0 saturated carbocycles. The fraction of sp³-hybridized carbons (Fsp3) is 0.179. The number of aromatic nitrogens is 1. The minimum Gasteiger partial charge on any atom is -0.743 e. The van der Waals surface area contributed by atoms with Crippen molar-refractivity contribution in [2.75, 3.05) is 18.6 Å². The Hall–Kier alpha value is -3.11. The van der Waals surface area contributed by atoms with Crippen LogP contribution in [0.5, 0.6) is 0 Å². The predicted octanol–water partition coefficient (Wildman–Crippen LogP) is 6.88. The van der Waals surface area contributed by atoms with Crippen molar-refractivity contribution in [3.63, 3.8) is 0 Å². The molecule has 2 heterocycles. The number of hydrogen-bond donors (Lipinski definition) is 0. The van der Waals surface area contributed by atoms with E-state index in [0.717, 1.165) is 27.0 Å². The molecule has 3 aromatic rings. The summed E-state index contributed by atoms with van der Waals surface area (Å²) in [5, 5.41) is 4.00. The first kappa shape index (κ1) is 30.1. The highest BCUT2D eigenvalue weighted by atomic mass is 32.2. The summed E-state index contributed by atoms with van der Waals surface area (Å²) in [6.07, 6.45) is 8.91. The van der Waals surface area contributed by atoms with Gasteiger partial charge in [-0.1, -0.05) is 59.5 Å². The Morgan fingerprint density at radius 3 is 2.43 bits per heavy atom. The Kier molecular flexibility index (Phi) is 11.4. The van der Waals surface area contributed by atoms with Crippen molar-refractivity contribution < 1.29 is 22.3 Å². The van der Waals surface area contributed by atoms with Gasteiger partial charge in [0.1, 0.15) is 4.88 Å². The van der Waals surface area contributed by atoms with Gasteiger partial charge in [0.25, 0.3) is 5.01 Å². The van der Waals surface area contributed by atoms with Crippen LogP contribution in [0.25, 0.3) is 29.0 Å². The van der Waals surface area contributed by atoms with Gasteiger partial charge in [-0.3, -0.25) is 0 Å². The zero-order valence-electron chi connectivity index (χ0n) is 21.3. The topological polar surface area (TPSA) is 73.6 Å². The fourth-order valence-corrected chi connectivity index (χ4v) is 6.93.